The first-order valence-corrected chi connectivity index (χ1v) is 18.3. The number of ether oxygens (including phenoxy) is 2. The van der Waals surface area contributed by atoms with E-state index in [1.54, 1.807) is 18.6 Å². The van der Waals surface area contributed by atoms with Gasteiger partial charge in [0, 0.05) is 54.9 Å². The van der Waals surface area contributed by atoms with Crippen LogP contribution in [0.4, 0.5) is 0 Å². The van der Waals surface area contributed by atoms with Crippen molar-refractivity contribution in [3.05, 3.63) is 149 Å². The molecule has 5 aromatic rings. The molecule has 2 aliphatic rings. The van der Waals surface area contributed by atoms with E-state index in [0.29, 0.717) is 30.1 Å². The Morgan fingerprint density at radius 3 is 1.71 bits per heavy atom. The van der Waals surface area contributed by atoms with E-state index >= 15 is 0 Å². The smallest absolute Gasteiger partial charge is 0.219 e. The van der Waals surface area contributed by atoms with E-state index in [4.69, 9.17) is 15.2 Å². The normalized spacial score (nSPS) is 17.0. The minimum atomic E-state index is 0.204. The fourth-order valence-electron chi connectivity index (χ4n) is 6.54. The van der Waals surface area contributed by atoms with Crippen LogP contribution >= 0.6 is 0 Å². The topological polar surface area (TPSA) is 100 Å². The molecular weight excluding hydrogens is 645 g/mol. The lowest BCUT2D eigenvalue weighted by Crippen LogP contribution is -2.23. The molecule has 7 heteroatoms. The summed E-state index contributed by atoms with van der Waals surface area (Å²) in [5.74, 6) is 3.49. The summed E-state index contributed by atoms with van der Waals surface area (Å²) in [6.45, 7) is 4.02. The third-order valence-corrected chi connectivity index (χ3v) is 9.55. The van der Waals surface area contributed by atoms with Crippen LogP contribution < -0.4 is 15.2 Å². The highest BCUT2D eigenvalue weighted by Crippen LogP contribution is 2.33. The Bertz CT molecular complexity index is 1950. The first kappa shape index (κ1) is 36.4. The molecule has 2 saturated carbocycles. The zero-order chi connectivity index (χ0) is 36.1. The number of allylic oxidation sites excluding steroid dienone is 2. The van der Waals surface area contributed by atoms with Gasteiger partial charge in [0.25, 0.3) is 0 Å². The van der Waals surface area contributed by atoms with E-state index in [0.717, 1.165) is 85.1 Å². The SMILES string of the molecule is Cc1ccc(Oc2cccc(C=C3CCC(CC(=O)c4cccnc4)CC3)c2)nc1.Cc1ccc(Oc2cccc(C=C3CCC(N)CC3)c2)nc1. The largest absolute Gasteiger partial charge is 0.439 e. The third-order valence-electron chi connectivity index (χ3n) is 9.55. The van der Waals surface area contributed by atoms with Gasteiger partial charge < -0.3 is 15.2 Å². The zero-order valence-electron chi connectivity index (χ0n) is 30.2. The van der Waals surface area contributed by atoms with Gasteiger partial charge in [0.1, 0.15) is 11.5 Å². The second-order valence-electron chi connectivity index (χ2n) is 14.0. The standard InChI is InChI=1S/C26H26N2O2.C19H22N2O/c1-19-7-12-26(28-17-19)30-24-6-2-4-22(15-24)14-20-8-10-21(11-9-20)16-25(29)23-5-3-13-27-18-23;1-14-5-10-19(21-13-14)22-18-4-2-3-16(12-18)11-15-6-8-17(20)9-7-15/h2-7,12-15,17-18,21H,8-11,16H2,1H3;2-5,10-13,17H,6-9,20H2,1H3. The minimum absolute atomic E-state index is 0.204. The lowest BCUT2D eigenvalue weighted by atomic mass is 9.82. The molecule has 0 radical (unpaired) electrons. The molecule has 7 rings (SSSR count). The van der Waals surface area contributed by atoms with Crippen LogP contribution in [-0.2, 0) is 0 Å². The summed E-state index contributed by atoms with van der Waals surface area (Å²) in [6, 6.07) is 28.1. The van der Waals surface area contributed by atoms with Crippen molar-refractivity contribution in [2.45, 2.75) is 77.7 Å². The van der Waals surface area contributed by atoms with Crippen molar-refractivity contribution in [2.24, 2.45) is 11.7 Å². The van der Waals surface area contributed by atoms with Gasteiger partial charge in [-0.3, -0.25) is 9.78 Å². The van der Waals surface area contributed by atoms with Gasteiger partial charge in [-0.15, -0.1) is 0 Å². The van der Waals surface area contributed by atoms with E-state index in [9.17, 15) is 4.79 Å². The fourth-order valence-corrected chi connectivity index (χ4v) is 6.54. The predicted octanol–water partition coefficient (Wildman–Crippen LogP) is 10.9. The van der Waals surface area contributed by atoms with Gasteiger partial charge in [-0.05, 0) is 130 Å². The second kappa shape index (κ2) is 18.2. The first-order chi connectivity index (χ1) is 25.3. The number of carbonyl (C=O) groups is 1. The van der Waals surface area contributed by atoms with Gasteiger partial charge in [0.05, 0.1) is 0 Å². The second-order valence-corrected chi connectivity index (χ2v) is 14.0. The van der Waals surface area contributed by atoms with Crippen molar-refractivity contribution >= 4 is 17.9 Å². The van der Waals surface area contributed by atoms with Crippen LogP contribution in [0.2, 0.25) is 0 Å². The molecule has 0 spiro atoms. The summed E-state index contributed by atoms with van der Waals surface area (Å²) in [7, 11) is 0. The lowest BCUT2D eigenvalue weighted by Gasteiger charge is -2.23. The number of carbonyl (C=O) groups excluding carboxylic acids is 1. The Morgan fingerprint density at radius 2 is 1.23 bits per heavy atom. The Labute approximate surface area is 307 Å². The Balaban J connectivity index is 0.000000187. The van der Waals surface area contributed by atoms with Gasteiger partial charge in [-0.1, -0.05) is 59.7 Å². The molecule has 2 aliphatic carbocycles. The van der Waals surface area contributed by atoms with E-state index in [1.165, 1.54) is 16.7 Å². The van der Waals surface area contributed by atoms with Crippen molar-refractivity contribution in [2.75, 3.05) is 0 Å². The van der Waals surface area contributed by atoms with Crippen molar-refractivity contribution < 1.29 is 14.3 Å². The molecule has 2 N–H and O–H groups in total. The highest BCUT2D eigenvalue weighted by Gasteiger charge is 2.20. The number of Topliss-reactive ketones (excluding diaryl/α,β-unsaturated/α-hetero) is 1. The zero-order valence-corrected chi connectivity index (χ0v) is 30.2. The molecule has 266 valence electrons. The van der Waals surface area contributed by atoms with Crippen molar-refractivity contribution in [3.8, 4) is 23.3 Å². The molecular formula is C45H48N4O3. The number of benzene rings is 2. The summed E-state index contributed by atoms with van der Waals surface area (Å²) in [6.07, 6.45) is 20.7. The van der Waals surface area contributed by atoms with E-state index in [1.807, 2.05) is 86.8 Å². The highest BCUT2D eigenvalue weighted by molar-refractivity contribution is 5.95. The van der Waals surface area contributed by atoms with Crippen LogP contribution in [-0.4, -0.2) is 26.8 Å². The summed E-state index contributed by atoms with van der Waals surface area (Å²) >= 11 is 0. The van der Waals surface area contributed by atoms with Crippen molar-refractivity contribution in [3.63, 3.8) is 0 Å². The van der Waals surface area contributed by atoms with Crippen LogP contribution in [0.25, 0.3) is 12.2 Å². The Hall–Kier alpha value is -5.40. The van der Waals surface area contributed by atoms with E-state index in [2.05, 4.69) is 45.3 Å². The maximum Gasteiger partial charge on any atom is 0.219 e. The van der Waals surface area contributed by atoms with Crippen molar-refractivity contribution in [1.29, 1.82) is 0 Å². The summed E-state index contributed by atoms with van der Waals surface area (Å²) in [4.78, 5) is 25.0. The quantitative estimate of drug-likeness (QED) is 0.153. The van der Waals surface area contributed by atoms with Crippen LogP contribution in [0.1, 0.15) is 90.4 Å². The average molecular weight is 693 g/mol. The summed E-state index contributed by atoms with van der Waals surface area (Å²) in [5.41, 5.74) is 14.1. The maximum absolute atomic E-state index is 12.4. The molecule has 0 aliphatic heterocycles. The summed E-state index contributed by atoms with van der Waals surface area (Å²) in [5, 5.41) is 0. The molecule has 0 saturated heterocycles. The number of rotatable bonds is 9. The van der Waals surface area contributed by atoms with Gasteiger partial charge in [0.15, 0.2) is 5.78 Å². The van der Waals surface area contributed by atoms with Crippen LogP contribution in [0.15, 0.2) is 121 Å². The molecule has 3 heterocycles. The van der Waals surface area contributed by atoms with E-state index < -0.39 is 0 Å². The molecule has 7 nitrogen and oxygen atoms in total. The van der Waals surface area contributed by atoms with Crippen LogP contribution in [0.3, 0.4) is 0 Å². The molecule has 2 fully saturated rings. The summed E-state index contributed by atoms with van der Waals surface area (Å²) < 4.78 is 11.7. The number of nitrogens with zero attached hydrogens (tertiary/aromatic N) is 3. The first-order valence-electron chi connectivity index (χ1n) is 18.3. The molecule has 3 aromatic heterocycles. The molecule has 0 bridgehead atoms. The molecule has 0 amide bonds. The third kappa shape index (κ3) is 11.3. The Morgan fingerprint density at radius 1 is 0.692 bits per heavy atom. The predicted molar refractivity (Wildman–Crippen MR) is 209 cm³/mol. The molecule has 0 unspecified atom stereocenters. The van der Waals surface area contributed by atoms with Gasteiger partial charge in [0.2, 0.25) is 11.8 Å². The maximum atomic E-state index is 12.4. The van der Waals surface area contributed by atoms with Crippen molar-refractivity contribution in [1.82, 2.24) is 15.0 Å². The number of ketones is 1. The fraction of sp³-hybridized carbons (Fsp3) is 0.289. The highest BCUT2D eigenvalue weighted by atomic mass is 16.5. The number of aromatic nitrogens is 3. The van der Waals surface area contributed by atoms with Crippen LogP contribution in [0, 0.1) is 19.8 Å². The number of hydrogen-bond donors (Lipinski definition) is 1. The molecule has 0 atom stereocenters. The van der Waals surface area contributed by atoms with Gasteiger partial charge in [-0.2, -0.15) is 0 Å². The number of hydrogen-bond acceptors (Lipinski definition) is 7. The monoisotopic (exact) mass is 692 g/mol. The Kier molecular flexibility index (Phi) is 12.7. The lowest BCUT2D eigenvalue weighted by molar-refractivity contribution is 0.0953. The number of aryl methyl sites for hydroxylation is 2. The average Bonchev–Trinajstić information content (AvgIpc) is 3.16. The minimum Gasteiger partial charge on any atom is -0.439 e. The molecule has 52 heavy (non-hydrogen) atoms. The number of pyridine rings is 3. The van der Waals surface area contributed by atoms with E-state index in [-0.39, 0.29) is 5.78 Å². The van der Waals surface area contributed by atoms with Crippen LogP contribution in [0.5, 0.6) is 23.3 Å². The van der Waals surface area contributed by atoms with Gasteiger partial charge >= 0.3 is 0 Å². The molecule has 2 aromatic carbocycles. The number of nitrogens with two attached hydrogens (primary N) is 1. The van der Waals surface area contributed by atoms with Gasteiger partial charge in [-0.25, -0.2) is 9.97 Å².